The molecule has 1 aromatic rings. The Bertz CT molecular complexity index is 462. The molecule has 7 heteroatoms. The van der Waals surface area contributed by atoms with Gasteiger partial charge in [-0.15, -0.1) is 0 Å². The first-order chi connectivity index (χ1) is 8.79. The van der Waals surface area contributed by atoms with E-state index in [9.17, 15) is 13.2 Å². The maximum atomic E-state index is 12.7. The van der Waals surface area contributed by atoms with Gasteiger partial charge in [0.2, 0.25) is 5.82 Å². The van der Waals surface area contributed by atoms with E-state index in [1.165, 1.54) is 6.07 Å². The molecule has 1 fully saturated rings. The smallest absolute Gasteiger partial charge is 0.353 e. The second kappa shape index (κ2) is 5.15. The first-order valence-electron chi connectivity index (χ1n) is 6.17. The Kier molecular flexibility index (Phi) is 3.90. The molecular formula is C12H15ClF3N3. The molecule has 0 radical (unpaired) electrons. The Morgan fingerprint density at radius 1 is 1.37 bits per heavy atom. The van der Waals surface area contributed by atoms with Gasteiger partial charge in [0.25, 0.3) is 0 Å². The lowest BCUT2D eigenvalue weighted by atomic mass is 10.0. The van der Waals surface area contributed by atoms with Crippen LogP contribution in [0.4, 0.5) is 19.0 Å². The fourth-order valence-electron chi connectivity index (χ4n) is 2.45. The Labute approximate surface area is 114 Å². The summed E-state index contributed by atoms with van der Waals surface area (Å²) < 4.78 is 38.1. The van der Waals surface area contributed by atoms with Gasteiger partial charge < -0.3 is 4.90 Å². The van der Waals surface area contributed by atoms with Gasteiger partial charge >= 0.3 is 6.18 Å². The average Bonchev–Trinajstić information content (AvgIpc) is 2.75. The molecule has 2 rings (SSSR count). The highest BCUT2D eigenvalue weighted by molar-refractivity contribution is 6.29. The number of halogens is 4. The molecule has 3 nitrogen and oxygen atoms in total. The molecule has 0 amide bonds. The minimum absolute atomic E-state index is 0.174. The predicted octanol–water partition coefficient (Wildman–Crippen LogP) is 3.77. The molecule has 1 aliphatic heterocycles. The van der Waals surface area contributed by atoms with E-state index in [0.717, 1.165) is 12.8 Å². The molecule has 1 aromatic heterocycles. The number of anilines is 1. The van der Waals surface area contributed by atoms with Crippen molar-refractivity contribution in [2.75, 3.05) is 11.4 Å². The first-order valence-corrected chi connectivity index (χ1v) is 6.55. The van der Waals surface area contributed by atoms with Crippen molar-refractivity contribution in [3.63, 3.8) is 0 Å². The topological polar surface area (TPSA) is 29.0 Å². The molecule has 2 heterocycles. The predicted molar refractivity (Wildman–Crippen MR) is 67.3 cm³/mol. The van der Waals surface area contributed by atoms with E-state index in [2.05, 4.69) is 23.8 Å². The summed E-state index contributed by atoms with van der Waals surface area (Å²) in [5.74, 6) is -0.557. The zero-order valence-electron chi connectivity index (χ0n) is 10.7. The molecule has 1 saturated heterocycles. The summed E-state index contributed by atoms with van der Waals surface area (Å²) in [4.78, 5) is 8.77. The van der Waals surface area contributed by atoms with Crippen LogP contribution in [0.1, 0.15) is 32.5 Å². The van der Waals surface area contributed by atoms with Crippen LogP contribution in [0.5, 0.6) is 0 Å². The molecule has 1 atom stereocenters. The second-order valence-electron chi connectivity index (χ2n) is 5.02. The van der Waals surface area contributed by atoms with E-state index >= 15 is 0 Å². The number of hydrogen-bond acceptors (Lipinski definition) is 3. The van der Waals surface area contributed by atoms with Gasteiger partial charge in [0.15, 0.2) is 0 Å². The standard InChI is InChI=1S/C12H15ClF3N3/c1-7(2)8-4-3-5-19(8)10-6-9(13)17-11(18-10)12(14,15)16/h6-8H,3-5H2,1-2H3. The maximum Gasteiger partial charge on any atom is 0.451 e. The highest BCUT2D eigenvalue weighted by atomic mass is 35.5. The number of aromatic nitrogens is 2. The van der Waals surface area contributed by atoms with Crippen molar-refractivity contribution in [2.24, 2.45) is 5.92 Å². The Morgan fingerprint density at radius 2 is 2.05 bits per heavy atom. The normalized spacial score (nSPS) is 20.4. The van der Waals surface area contributed by atoms with E-state index in [0.29, 0.717) is 12.5 Å². The van der Waals surface area contributed by atoms with E-state index in [4.69, 9.17) is 11.6 Å². The number of alkyl halides is 3. The third kappa shape index (κ3) is 3.11. The van der Waals surface area contributed by atoms with Crippen molar-refractivity contribution < 1.29 is 13.2 Å². The van der Waals surface area contributed by atoms with Crippen LogP contribution in [0.2, 0.25) is 5.15 Å². The minimum Gasteiger partial charge on any atom is -0.353 e. The lowest BCUT2D eigenvalue weighted by Crippen LogP contribution is -2.34. The fourth-order valence-corrected chi connectivity index (χ4v) is 2.63. The molecule has 0 spiro atoms. The van der Waals surface area contributed by atoms with Gasteiger partial charge in [0.05, 0.1) is 0 Å². The average molecular weight is 294 g/mol. The molecule has 0 aromatic carbocycles. The summed E-state index contributed by atoms with van der Waals surface area (Å²) in [6.07, 6.45) is -2.67. The van der Waals surface area contributed by atoms with Crippen LogP contribution in [-0.2, 0) is 6.18 Å². The lowest BCUT2D eigenvalue weighted by Gasteiger charge is -2.29. The third-order valence-corrected chi connectivity index (χ3v) is 3.49. The monoisotopic (exact) mass is 293 g/mol. The van der Waals surface area contributed by atoms with Crippen LogP contribution in [0.3, 0.4) is 0 Å². The molecular weight excluding hydrogens is 279 g/mol. The molecule has 0 bridgehead atoms. The maximum absolute atomic E-state index is 12.7. The molecule has 0 saturated carbocycles. The zero-order chi connectivity index (χ0) is 14.2. The Hall–Kier alpha value is -1.04. The van der Waals surface area contributed by atoms with E-state index < -0.39 is 12.0 Å². The molecule has 0 aliphatic carbocycles. The van der Waals surface area contributed by atoms with Crippen LogP contribution >= 0.6 is 11.6 Å². The SMILES string of the molecule is CC(C)C1CCCN1c1cc(Cl)nc(C(F)(F)F)n1. The second-order valence-corrected chi connectivity index (χ2v) is 5.40. The lowest BCUT2D eigenvalue weighted by molar-refractivity contribution is -0.144. The van der Waals surface area contributed by atoms with Gasteiger partial charge in [-0.3, -0.25) is 0 Å². The van der Waals surface area contributed by atoms with Gasteiger partial charge in [-0.05, 0) is 18.8 Å². The van der Waals surface area contributed by atoms with Gasteiger partial charge in [-0.1, -0.05) is 25.4 Å². The first kappa shape index (κ1) is 14.4. The van der Waals surface area contributed by atoms with Gasteiger partial charge in [-0.2, -0.15) is 13.2 Å². The molecule has 19 heavy (non-hydrogen) atoms. The van der Waals surface area contributed by atoms with Crippen LogP contribution < -0.4 is 4.90 Å². The fraction of sp³-hybridized carbons (Fsp3) is 0.667. The molecule has 106 valence electrons. The van der Waals surface area contributed by atoms with Crippen LogP contribution in [0.25, 0.3) is 0 Å². The summed E-state index contributed by atoms with van der Waals surface area (Å²) in [5.41, 5.74) is 0. The van der Waals surface area contributed by atoms with Crippen LogP contribution in [0.15, 0.2) is 6.07 Å². The van der Waals surface area contributed by atoms with Crippen molar-refractivity contribution in [1.82, 2.24) is 9.97 Å². The Morgan fingerprint density at radius 3 is 2.63 bits per heavy atom. The minimum atomic E-state index is -4.58. The summed E-state index contributed by atoms with van der Waals surface area (Å²) in [6, 6.07) is 1.60. The molecule has 1 aliphatic rings. The van der Waals surface area contributed by atoms with E-state index in [1.807, 2.05) is 4.90 Å². The van der Waals surface area contributed by atoms with Gasteiger partial charge in [-0.25, -0.2) is 9.97 Å². The van der Waals surface area contributed by atoms with Crippen LogP contribution in [-0.4, -0.2) is 22.6 Å². The highest BCUT2D eigenvalue weighted by Gasteiger charge is 2.37. The van der Waals surface area contributed by atoms with Gasteiger partial charge in [0, 0.05) is 18.7 Å². The number of nitrogens with zero attached hydrogens (tertiary/aromatic N) is 3. The number of hydrogen-bond donors (Lipinski definition) is 0. The van der Waals surface area contributed by atoms with E-state index in [1.54, 1.807) is 0 Å². The van der Waals surface area contributed by atoms with Crippen molar-refractivity contribution in [2.45, 2.75) is 38.9 Å². The van der Waals surface area contributed by atoms with Crippen molar-refractivity contribution >= 4 is 17.4 Å². The van der Waals surface area contributed by atoms with Crippen molar-refractivity contribution in [3.8, 4) is 0 Å². The zero-order valence-corrected chi connectivity index (χ0v) is 11.5. The summed E-state index contributed by atoms with van der Waals surface area (Å²) in [5, 5.41) is -0.174. The Balaban J connectivity index is 2.37. The molecule has 1 unspecified atom stereocenters. The third-order valence-electron chi connectivity index (χ3n) is 3.30. The summed E-state index contributed by atoms with van der Waals surface area (Å²) in [7, 11) is 0. The molecule has 0 N–H and O–H groups in total. The van der Waals surface area contributed by atoms with Crippen molar-refractivity contribution in [1.29, 1.82) is 0 Å². The van der Waals surface area contributed by atoms with Gasteiger partial charge in [0.1, 0.15) is 11.0 Å². The summed E-state index contributed by atoms with van der Waals surface area (Å²) >= 11 is 5.68. The van der Waals surface area contributed by atoms with Crippen molar-refractivity contribution in [3.05, 3.63) is 17.0 Å². The van der Waals surface area contributed by atoms with E-state index in [-0.39, 0.29) is 17.0 Å². The number of rotatable bonds is 2. The summed E-state index contributed by atoms with van der Waals surface area (Å²) in [6.45, 7) is 4.81. The van der Waals surface area contributed by atoms with Crippen LogP contribution in [0, 0.1) is 5.92 Å². The highest BCUT2D eigenvalue weighted by Crippen LogP contribution is 2.33. The largest absolute Gasteiger partial charge is 0.451 e. The quantitative estimate of drug-likeness (QED) is 0.777.